The second-order valence-electron chi connectivity index (χ2n) is 5.86. The molecule has 9 heteroatoms. The summed E-state index contributed by atoms with van der Waals surface area (Å²) in [5.41, 5.74) is 1.93. The Labute approximate surface area is 153 Å². The van der Waals surface area contributed by atoms with Crippen molar-refractivity contribution in [1.29, 1.82) is 0 Å². The number of aryl methyl sites for hydroxylation is 1. The fraction of sp³-hybridized carbons (Fsp3) is 0.278. The second-order valence-corrected chi connectivity index (χ2v) is 5.86. The van der Waals surface area contributed by atoms with E-state index in [1.807, 2.05) is 0 Å². The lowest BCUT2D eigenvalue weighted by Crippen LogP contribution is -2.20. The number of nitrogens with one attached hydrogen (secondary N) is 1. The lowest BCUT2D eigenvalue weighted by atomic mass is 10.1. The first-order chi connectivity index (χ1) is 12.8. The number of aromatic nitrogens is 1. The van der Waals surface area contributed by atoms with E-state index in [0.717, 1.165) is 18.7 Å². The third kappa shape index (κ3) is 5.27. The van der Waals surface area contributed by atoms with E-state index in [0.29, 0.717) is 17.9 Å². The van der Waals surface area contributed by atoms with Gasteiger partial charge in [-0.15, -0.1) is 0 Å². The number of carbonyl (C=O) groups excluding carboxylic acids is 1. The van der Waals surface area contributed by atoms with Gasteiger partial charge in [0, 0.05) is 0 Å². The first-order valence-electron chi connectivity index (χ1n) is 8.05. The van der Waals surface area contributed by atoms with Crippen molar-refractivity contribution in [1.82, 2.24) is 10.4 Å². The number of carbonyl (C=O) groups is 1. The molecule has 0 aliphatic carbocycles. The van der Waals surface area contributed by atoms with Crippen LogP contribution in [-0.4, -0.2) is 36.4 Å². The van der Waals surface area contributed by atoms with Gasteiger partial charge in [0.1, 0.15) is 24.2 Å². The van der Waals surface area contributed by atoms with Crippen molar-refractivity contribution in [3.8, 4) is 5.75 Å². The number of benzene rings is 1. The molecule has 0 saturated carbocycles. The van der Waals surface area contributed by atoms with Gasteiger partial charge in [-0.05, 0) is 48.9 Å². The molecule has 1 unspecified atom stereocenters. The van der Waals surface area contributed by atoms with Gasteiger partial charge in [0.05, 0.1) is 24.1 Å². The summed E-state index contributed by atoms with van der Waals surface area (Å²) in [6, 6.07) is 8.86. The van der Waals surface area contributed by atoms with Crippen LogP contribution in [0.1, 0.15) is 27.3 Å². The molecule has 0 spiro atoms. The highest BCUT2D eigenvalue weighted by Gasteiger charge is 2.33. The molecule has 1 aromatic heterocycles. The Morgan fingerprint density at radius 2 is 2.04 bits per heavy atom. The van der Waals surface area contributed by atoms with Crippen molar-refractivity contribution in [2.24, 2.45) is 5.10 Å². The van der Waals surface area contributed by atoms with Gasteiger partial charge in [-0.3, -0.25) is 4.79 Å². The topological polar surface area (TPSA) is 76.1 Å². The van der Waals surface area contributed by atoms with Crippen LogP contribution >= 0.6 is 0 Å². The van der Waals surface area contributed by atoms with Gasteiger partial charge in [-0.2, -0.15) is 18.3 Å². The van der Waals surface area contributed by atoms with Gasteiger partial charge >= 0.3 is 6.18 Å². The first kappa shape index (κ1) is 18.8. The maximum Gasteiger partial charge on any atom is 0.433 e. The van der Waals surface area contributed by atoms with Crippen LogP contribution in [0.2, 0.25) is 0 Å². The Morgan fingerprint density at radius 1 is 1.33 bits per heavy atom. The smallest absolute Gasteiger partial charge is 0.433 e. The van der Waals surface area contributed by atoms with E-state index >= 15 is 0 Å². The Hall–Kier alpha value is -2.94. The number of epoxide rings is 1. The SMILES string of the molecule is Cc1nc(C(F)(F)F)ccc1C(=O)N/N=C/c1ccc(OCC2CO2)cc1. The maximum absolute atomic E-state index is 12.6. The minimum Gasteiger partial charge on any atom is -0.491 e. The molecule has 27 heavy (non-hydrogen) atoms. The van der Waals surface area contributed by atoms with Crippen LogP contribution in [0.5, 0.6) is 5.75 Å². The van der Waals surface area contributed by atoms with E-state index in [4.69, 9.17) is 9.47 Å². The average molecular weight is 379 g/mol. The quantitative estimate of drug-likeness (QED) is 0.476. The molecule has 1 amide bonds. The molecule has 6 nitrogen and oxygen atoms in total. The molecule has 142 valence electrons. The van der Waals surface area contributed by atoms with Gasteiger partial charge in [0.25, 0.3) is 5.91 Å². The Morgan fingerprint density at radius 3 is 2.63 bits per heavy atom. The van der Waals surface area contributed by atoms with Crippen LogP contribution in [0, 0.1) is 6.92 Å². The third-order valence-electron chi connectivity index (χ3n) is 3.72. The average Bonchev–Trinajstić information content (AvgIpc) is 3.44. The number of nitrogens with zero attached hydrogens (tertiary/aromatic N) is 2. The molecule has 1 atom stereocenters. The van der Waals surface area contributed by atoms with E-state index in [1.54, 1.807) is 24.3 Å². The second kappa shape index (κ2) is 7.75. The van der Waals surface area contributed by atoms with Crippen LogP contribution in [0.15, 0.2) is 41.5 Å². The van der Waals surface area contributed by atoms with Crippen LogP contribution < -0.4 is 10.2 Å². The number of hydrogen-bond acceptors (Lipinski definition) is 5. The number of pyridine rings is 1. The number of ether oxygens (including phenoxy) is 2. The summed E-state index contributed by atoms with van der Waals surface area (Å²) in [6.45, 7) is 2.56. The van der Waals surface area contributed by atoms with Crippen LogP contribution in [-0.2, 0) is 10.9 Å². The van der Waals surface area contributed by atoms with Crippen LogP contribution in [0.3, 0.4) is 0 Å². The van der Waals surface area contributed by atoms with Crippen LogP contribution in [0.25, 0.3) is 0 Å². The molecule has 0 bridgehead atoms. The van der Waals surface area contributed by atoms with E-state index in [-0.39, 0.29) is 17.4 Å². The minimum absolute atomic E-state index is 0.0196. The number of alkyl halides is 3. The molecule has 1 aliphatic rings. The molecule has 3 rings (SSSR count). The standard InChI is InChI=1S/C18H16F3N3O3/c1-11-15(6-7-16(23-11)18(19,20)21)17(25)24-22-8-12-2-4-13(5-3-12)26-9-14-10-27-14/h2-8,14H,9-10H2,1H3,(H,24,25)/b22-8+. The lowest BCUT2D eigenvalue weighted by Gasteiger charge is -2.09. The van der Waals surface area contributed by atoms with Gasteiger partial charge in [0.2, 0.25) is 0 Å². The Bertz CT molecular complexity index is 847. The predicted molar refractivity (Wildman–Crippen MR) is 90.7 cm³/mol. The van der Waals surface area contributed by atoms with E-state index in [9.17, 15) is 18.0 Å². The summed E-state index contributed by atoms with van der Waals surface area (Å²) in [7, 11) is 0. The molecule has 2 heterocycles. The zero-order valence-corrected chi connectivity index (χ0v) is 14.3. The van der Waals surface area contributed by atoms with E-state index in [1.165, 1.54) is 13.1 Å². The molecule has 1 fully saturated rings. The van der Waals surface area contributed by atoms with Gasteiger partial charge in [-0.25, -0.2) is 10.4 Å². The number of hydrazone groups is 1. The highest BCUT2D eigenvalue weighted by molar-refractivity contribution is 5.95. The monoisotopic (exact) mass is 379 g/mol. The largest absolute Gasteiger partial charge is 0.491 e. The summed E-state index contributed by atoms with van der Waals surface area (Å²) >= 11 is 0. The van der Waals surface area contributed by atoms with Crippen molar-refractivity contribution in [3.05, 3.63) is 58.9 Å². The molecular weight excluding hydrogens is 363 g/mol. The number of rotatable bonds is 6. The number of amides is 1. The zero-order chi connectivity index (χ0) is 19.4. The Balaban J connectivity index is 1.56. The summed E-state index contributed by atoms with van der Waals surface area (Å²) in [4.78, 5) is 15.5. The Kier molecular flexibility index (Phi) is 5.41. The van der Waals surface area contributed by atoms with Crippen LogP contribution in [0.4, 0.5) is 13.2 Å². The van der Waals surface area contributed by atoms with Gasteiger partial charge < -0.3 is 9.47 Å². The number of halogens is 3. The van der Waals surface area contributed by atoms with Gasteiger partial charge in [0.15, 0.2) is 0 Å². The predicted octanol–water partition coefficient (Wildman–Crippen LogP) is 2.95. The lowest BCUT2D eigenvalue weighted by molar-refractivity contribution is -0.141. The van der Waals surface area contributed by atoms with Crippen molar-refractivity contribution < 1.29 is 27.4 Å². The third-order valence-corrected chi connectivity index (χ3v) is 3.72. The first-order valence-corrected chi connectivity index (χ1v) is 8.05. The normalized spacial score (nSPS) is 16.4. The summed E-state index contributed by atoms with van der Waals surface area (Å²) < 4.78 is 48.4. The van der Waals surface area contributed by atoms with E-state index in [2.05, 4.69) is 15.5 Å². The summed E-state index contributed by atoms with van der Waals surface area (Å²) in [5.74, 6) is 0.0486. The molecule has 0 radical (unpaired) electrons. The van der Waals surface area contributed by atoms with Gasteiger partial charge in [-0.1, -0.05) is 0 Å². The molecule has 2 aromatic rings. The van der Waals surface area contributed by atoms with Crippen molar-refractivity contribution in [2.45, 2.75) is 19.2 Å². The molecule has 1 N–H and O–H groups in total. The van der Waals surface area contributed by atoms with Crippen molar-refractivity contribution in [3.63, 3.8) is 0 Å². The fourth-order valence-corrected chi connectivity index (χ4v) is 2.19. The summed E-state index contributed by atoms with van der Waals surface area (Å²) in [6.07, 6.45) is -2.97. The minimum atomic E-state index is -4.56. The molecule has 1 aromatic carbocycles. The summed E-state index contributed by atoms with van der Waals surface area (Å²) in [5, 5.41) is 3.81. The van der Waals surface area contributed by atoms with Crippen molar-refractivity contribution in [2.75, 3.05) is 13.2 Å². The zero-order valence-electron chi connectivity index (χ0n) is 14.3. The molecule has 1 saturated heterocycles. The maximum atomic E-state index is 12.6. The highest BCUT2D eigenvalue weighted by atomic mass is 19.4. The molecular formula is C18H16F3N3O3. The molecule has 1 aliphatic heterocycles. The van der Waals surface area contributed by atoms with E-state index < -0.39 is 17.8 Å². The highest BCUT2D eigenvalue weighted by Crippen LogP contribution is 2.28. The van der Waals surface area contributed by atoms with Crippen molar-refractivity contribution >= 4 is 12.1 Å². The number of hydrogen-bond donors (Lipinski definition) is 1. The fourth-order valence-electron chi connectivity index (χ4n) is 2.19.